The second-order valence-electron chi connectivity index (χ2n) is 6.10. The number of carbonyl (C=O) groups excluding carboxylic acids is 1. The van der Waals surface area contributed by atoms with Crippen LogP contribution in [0.4, 0.5) is 0 Å². The van der Waals surface area contributed by atoms with Gasteiger partial charge < -0.3 is 15.4 Å². The van der Waals surface area contributed by atoms with Gasteiger partial charge >= 0.3 is 0 Å². The summed E-state index contributed by atoms with van der Waals surface area (Å²) in [6, 6.07) is 7.32. The predicted molar refractivity (Wildman–Crippen MR) is 95.3 cm³/mol. The lowest BCUT2D eigenvalue weighted by Gasteiger charge is -2.30. The number of nitrogens with zero attached hydrogens (tertiary/aromatic N) is 1. The molecule has 1 aliphatic heterocycles. The molecule has 0 bridgehead atoms. The summed E-state index contributed by atoms with van der Waals surface area (Å²) in [6.07, 6.45) is 4.69. The molecule has 0 saturated carbocycles. The third-order valence-corrected chi connectivity index (χ3v) is 4.70. The van der Waals surface area contributed by atoms with Gasteiger partial charge in [-0.25, -0.2) is 0 Å². The highest BCUT2D eigenvalue weighted by Gasteiger charge is 2.23. The first kappa shape index (κ1) is 16.5. The highest BCUT2D eigenvalue weighted by molar-refractivity contribution is 6.06. The predicted octanol–water partition coefficient (Wildman–Crippen LogP) is 2.38. The minimum absolute atomic E-state index is 0.0722. The van der Waals surface area contributed by atoms with Gasteiger partial charge in [0.2, 0.25) is 0 Å². The molecule has 2 heterocycles. The molecule has 126 valence electrons. The van der Waals surface area contributed by atoms with Gasteiger partial charge in [-0.05, 0) is 49.1 Å². The summed E-state index contributed by atoms with van der Waals surface area (Å²) in [5.41, 5.74) is 1.41. The minimum Gasteiger partial charge on any atom is -0.497 e. The van der Waals surface area contributed by atoms with Crippen molar-refractivity contribution in [2.75, 3.05) is 26.7 Å². The van der Waals surface area contributed by atoms with Crippen molar-refractivity contribution < 1.29 is 9.53 Å². The van der Waals surface area contributed by atoms with E-state index >= 15 is 0 Å². The van der Waals surface area contributed by atoms with E-state index in [4.69, 9.17) is 4.74 Å². The van der Waals surface area contributed by atoms with Gasteiger partial charge in [0, 0.05) is 24.7 Å². The Hall–Kier alpha value is -2.40. The van der Waals surface area contributed by atoms with E-state index in [0.29, 0.717) is 23.9 Å². The van der Waals surface area contributed by atoms with Gasteiger partial charge in [0.15, 0.2) is 0 Å². The maximum absolute atomic E-state index is 12.7. The molecule has 0 spiro atoms. The molecule has 1 amide bonds. The Morgan fingerprint density at radius 1 is 1.50 bits per heavy atom. The Morgan fingerprint density at radius 2 is 2.38 bits per heavy atom. The van der Waals surface area contributed by atoms with Crippen LogP contribution in [-0.2, 0) is 0 Å². The van der Waals surface area contributed by atoms with Crippen LogP contribution in [0.3, 0.4) is 0 Å². The number of carbonyl (C=O) groups is 1. The summed E-state index contributed by atoms with van der Waals surface area (Å²) in [5, 5.41) is 7.25. The van der Waals surface area contributed by atoms with E-state index in [-0.39, 0.29) is 5.91 Å². The second kappa shape index (κ2) is 7.45. The van der Waals surface area contributed by atoms with Gasteiger partial charge in [0.25, 0.3) is 5.91 Å². The van der Waals surface area contributed by atoms with Gasteiger partial charge in [-0.15, -0.1) is 6.58 Å². The van der Waals surface area contributed by atoms with E-state index < -0.39 is 0 Å². The summed E-state index contributed by atoms with van der Waals surface area (Å²) in [6.45, 7) is 6.48. The Kier molecular flexibility index (Phi) is 5.11. The van der Waals surface area contributed by atoms with Gasteiger partial charge in [-0.3, -0.25) is 9.78 Å². The zero-order valence-electron chi connectivity index (χ0n) is 13.9. The van der Waals surface area contributed by atoms with Crippen LogP contribution in [0.15, 0.2) is 43.1 Å². The molecule has 2 aromatic rings. The molecular formula is C19H23N3O2. The minimum atomic E-state index is -0.0722. The molecule has 1 saturated heterocycles. The summed E-state index contributed by atoms with van der Waals surface area (Å²) in [4.78, 5) is 17.0. The smallest absolute Gasteiger partial charge is 0.252 e. The molecule has 2 atom stereocenters. The van der Waals surface area contributed by atoms with Crippen molar-refractivity contribution in [2.24, 2.45) is 11.8 Å². The Labute approximate surface area is 142 Å². The molecule has 0 unspecified atom stereocenters. The zero-order valence-corrected chi connectivity index (χ0v) is 13.9. The van der Waals surface area contributed by atoms with E-state index in [1.54, 1.807) is 19.4 Å². The molecule has 1 fully saturated rings. The van der Waals surface area contributed by atoms with Crippen molar-refractivity contribution in [3.8, 4) is 5.75 Å². The number of pyridine rings is 1. The number of ether oxygens (including phenoxy) is 1. The van der Waals surface area contributed by atoms with Crippen molar-refractivity contribution in [3.05, 3.63) is 48.7 Å². The first-order chi connectivity index (χ1) is 11.7. The monoisotopic (exact) mass is 325 g/mol. The van der Waals surface area contributed by atoms with Crippen molar-refractivity contribution in [2.45, 2.75) is 6.42 Å². The van der Waals surface area contributed by atoms with Crippen LogP contribution in [-0.4, -0.2) is 37.6 Å². The fraction of sp³-hybridized carbons (Fsp3) is 0.368. The average Bonchev–Trinajstić information content (AvgIpc) is 2.65. The fourth-order valence-corrected chi connectivity index (χ4v) is 3.24. The molecule has 24 heavy (non-hydrogen) atoms. The fourth-order valence-electron chi connectivity index (χ4n) is 3.24. The van der Waals surface area contributed by atoms with E-state index in [9.17, 15) is 4.79 Å². The third kappa shape index (κ3) is 3.41. The van der Waals surface area contributed by atoms with E-state index in [1.165, 1.54) is 0 Å². The van der Waals surface area contributed by atoms with Gasteiger partial charge in [0.05, 0.1) is 18.2 Å². The first-order valence-corrected chi connectivity index (χ1v) is 8.27. The van der Waals surface area contributed by atoms with E-state index in [1.807, 2.05) is 24.3 Å². The number of benzene rings is 1. The number of hydrogen-bond donors (Lipinski definition) is 2. The number of nitrogens with one attached hydrogen (secondary N) is 2. The number of fused-ring (bicyclic) bond motifs is 1. The van der Waals surface area contributed by atoms with Crippen molar-refractivity contribution >= 4 is 16.8 Å². The number of hydrogen-bond acceptors (Lipinski definition) is 4. The van der Waals surface area contributed by atoms with Crippen LogP contribution in [0.5, 0.6) is 5.75 Å². The Bertz CT molecular complexity index is 744. The first-order valence-electron chi connectivity index (χ1n) is 8.27. The molecule has 2 N–H and O–H groups in total. The van der Waals surface area contributed by atoms with Crippen molar-refractivity contribution in [1.29, 1.82) is 0 Å². The molecule has 5 nitrogen and oxygen atoms in total. The Balaban J connectivity index is 1.77. The molecular weight excluding hydrogens is 302 g/mol. The number of amides is 1. The standard InChI is InChI=1S/C19H23N3O2/c1-3-13-11-20-8-6-14(13)12-22-19(23)16-7-9-21-18-5-4-15(24-2)10-17(16)18/h3-5,7,9-10,13-14,20H,1,6,8,11-12H2,2H3,(H,22,23)/t13-,14-/m0/s1. The van der Waals surface area contributed by atoms with Crippen molar-refractivity contribution in [1.82, 2.24) is 15.6 Å². The number of methoxy groups -OCH3 is 1. The third-order valence-electron chi connectivity index (χ3n) is 4.70. The van der Waals surface area contributed by atoms with Gasteiger partial charge in [-0.2, -0.15) is 0 Å². The topological polar surface area (TPSA) is 63.2 Å². The van der Waals surface area contributed by atoms with Gasteiger partial charge in [0.1, 0.15) is 5.75 Å². The average molecular weight is 325 g/mol. The zero-order chi connectivity index (χ0) is 16.9. The van der Waals surface area contributed by atoms with Crippen LogP contribution >= 0.6 is 0 Å². The molecule has 0 radical (unpaired) electrons. The molecule has 1 aliphatic rings. The number of piperidine rings is 1. The van der Waals surface area contributed by atoms with Crippen LogP contribution in [0, 0.1) is 11.8 Å². The van der Waals surface area contributed by atoms with Crippen LogP contribution in [0.2, 0.25) is 0 Å². The summed E-state index contributed by atoms with van der Waals surface area (Å²) in [7, 11) is 1.61. The van der Waals surface area contributed by atoms with E-state index in [2.05, 4.69) is 22.2 Å². The van der Waals surface area contributed by atoms with Crippen LogP contribution < -0.4 is 15.4 Å². The highest BCUT2D eigenvalue weighted by Crippen LogP contribution is 2.23. The summed E-state index contributed by atoms with van der Waals surface area (Å²) < 4.78 is 5.26. The molecule has 0 aliphatic carbocycles. The lowest BCUT2D eigenvalue weighted by molar-refractivity contribution is 0.0941. The number of aromatic nitrogens is 1. The van der Waals surface area contributed by atoms with E-state index in [0.717, 1.165) is 36.2 Å². The highest BCUT2D eigenvalue weighted by atomic mass is 16.5. The molecule has 1 aromatic heterocycles. The van der Waals surface area contributed by atoms with Gasteiger partial charge in [-0.1, -0.05) is 6.08 Å². The van der Waals surface area contributed by atoms with Crippen LogP contribution in [0.1, 0.15) is 16.8 Å². The molecule has 5 heteroatoms. The maximum atomic E-state index is 12.7. The Morgan fingerprint density at radius 3 is 3.17 bits per heavy atom. The lowest BCUT2D eigenvalue weighted by atomic mass is 9.86. The lowest BCUT2D eigenvalue weighted by Crippen LogP contribution is -2.41. The maximum Gasteiger partial charge on any atom is 0.252 e. The summed E-state index contributed by atoms with van der Waals surface area (Å²) >= 11 is 0. The quantitative estimate of drug-likeness (QED) is 0.829. The van der Waals surface area contributed by atoms with Crippen LogP contribution in [0.25, 0.3) is 10.9 Å². The molecule has 1 aromatic carbocycles. The molecule has 3 rings (SSSR count). The number of rotatable bonds is 5. The largest absolute Gasteiger partial charge is 0.497 e. The van der Waals surface area contributed by atoms with Crippen molar-refractivity contribution in [3.63, 3.8) is 0 Å². The SMILES string of the molecule is C=C[C@H]1CNCC[C@H]1CNC(=O)c1ccnc2ccc(OC)cc12. The normalized spacial score (nSPS) is 20.5. The summed E-state index contributed by atoms with van der Waals surface area (Å²) in [5.74, 6) is 1.47. The second-order valence-corrected chi connectivity index (χ2v) is 6.10.